The lowest BCUT2D eigenvalue weighted by Gasteiger charge is -2.57. The smallest absolute Gasteiger partial charge is 0.265 e. The molecule has 0 atom stereocenters. The van der Waals surface area contributed by atoms with Crippen molar-refractivity contribution in [1.82, 2.24) is 4.98 Å². The molecule has 1 aromatic heterocycles. The zero-order valence-electron chi connectivity index (χ0n) is 17.5. The number of nitrogens with zero attached hydrogens (tertiary/aromatic N) is 1. The van der Waals surface area contributed by atoms with Crippen molar-refractivity contribution in [2.75, 3.05) is 17.1 Å². The lowest BCUT2D eigenvalue weighted by molar-refractivity contribution is 0.0105. The Labute approximate surface area is 178 Å². The minimum atomic E-state index is -3.77. The van der Waals surface area contributed by atoms with Crippen LogP contribution in [0.4, 0.5) is 11.5 Å². The number of methoxy groups -OCH3 is 1. The largest absolute Gasteiger partial charge is 0.495 e. The monoisotopic (exact) mass is 427 g/mol. The molecule has 0 aliphatic heterocycles. The van der Waals surface area contributed by atoms with Gasteiger partial charge in [0.15, 0.2) is 0 Å². The van der Waals surface area contributed by atoms with Crippen molar-refractivity contribution in [3.05, 3.63) is 42.1 Å². The van der Waals surface area contributed by atoms with Crippen molar-refractivity contribution in [2.24, 2.45) is 17.8 Å². The number of nitrogens with one attached hydrogen (secondary N) is 2. The lowest BCUT2D eigenvalue weighted by Crippen LogP contribution is -2.54. The van der Waals surface area contributed by atoms with Gasteiger partial charge in [0.05, 0.1) is 19.0 Å². The van der Waals surface area contributed by atoms with Gasteiger partial charge in [0.25, 0.3) is 10.0 Å². The molecule has 7 heteroatoms. The maximum Gasteiger partial charge on any atom is 0.265 e. The first kappa shape index (κ1) is 19.7. The number of hydrogen-bond acceptors (Lipinski definition) is 5. The number of anilines is 2. The quantitative estimate of drug-likeness (QED) is 0.705. The van der Waals surface area contributed by atoms with Crippen molar-refractivity contribution >= 4 is 21.5 Å². The second-order valence-corrected chi connectivity index (χ2v) is 11.2. The van der Waals surface area contributed by atoms with Crippen molar-refractivity contribution in [3.63, 3.8) is 0 Å². The summed E-state index contributed by atoms with van der Waals surface area (Å²) in [4.78, 5) is 4.65. The Bertz CT molecular complexity index is 1010. The number of benzene rings is 1. The van der Waals surface area contributed by atoms with Gasteiger partial charge in [-0.05, 0) is 93.0 Å². The first-order valence-corrected chi connectivity index (χ1v) is 12.2. The number of aromatic nitrogens is 1. The molecule has 1 heterocycles. The topological polar surface area (TPSA) is 80.3 Å². The van der Waals surface area contributed by atoms with E-state index in [4.69, 9.17) is 4.74 Å². The predicted octanol–water partition coefficient (Wildman–Crippen LogP) is 4.58. The number of hydrogen-bond donors (Lipinski definition) is 2. The summed E-state index contributed by atoms with van der Waals surface area (Å²) in [7, 11) is -2.30. The Morgan fingerprint density at radius 3 is 2.27 bits per heavy atom. The molecule has 0 radical (unpaired) electrons. The molecule has 4 fully saturated rings. The molecule has 4 aliphatic carbocycles. The van der Waals surface area contributed by atoms with Gasteiger partial charge in [0.1, 0.15) is 16.5 Å². The average molecular weight is 428 g/mol. The molecule has 0 unspecified atom stereocenters. The molecule has 6 rings (SSSR count). The van der Waals surface area contributed by atoms with Crippen LogP contribution in [0.1, 0.15) is 44.1 Å². The Hall–Kier alpha value is -2.28. The van der Waals surface area contributed by atoms with Gasteiger partial charge in [0, 0.05) is 5.54 Å². The van der Waals surface area contributed by atoms with Gasteiger partial charge in [-0.3, -0.25) is 4.72 Å². The van der Waals surface area contributed by atoms with Gasteiger partial charge < -0.3 is 10.1 Å². The third kappa shape index (κ3) is 3.64. The van der Waals surface area contributed by atoms with E-state index in [1.165, 1.54) is 45.6 Å². The number of sulfonamides is 1. The van der Waals surface area contributed by atoms with E-state index in [2.05, 4.69) is 15.0 Å². The highest BCUT2D eigenvalue weighted by Crippen LogP contribution is 2.56. The minimum Gasteiger partial charge on any atom is -0.495 e. The van der Waals surface area contributed by atoms with Crippen LogP contribution >= 0.6 is 0 Å². The normalized spacial score (nSPS) is 29.6. The third-order valence-corrected chi connectivity index (χ3v) is 8.46. The van der Waals surface area contributed by atoms with Gasteiger partial charge in [-0.2, -0.15) is 0 Å². The van der Waals surface area contributed by atoms with E-state index < -0.39 is 10.0 Å². The van der Waals surface area contributed by atoms with Crippen LogP contribution in [0.25, 0.3) is 0 Å². The van der Waals surface area contributed by atoms with Crippen LogP contribution in [-0.2, 0) is 10.0 Å². The summed E-state index contributed by atoms with van der Waals surface area (Å²) in [6.45, 7) is 1.85. The van der Waals surface area contributed by atoms with Crippen LogP contribution in [0.2, 0.25) is 0 Å². The third-order valence-electron chi connectivity index (χ3n) is 7.06. The summed E-state index contributed by atoms with van der Waals surface area (Å²) >= 11 is 0. The maximum atomic E-state index is 12.9. The summed E-state index contributed by atoms with van der Waals surface area (Å²) in [6, 6.07) is 8.75. The molecule has 1 aromatic carbocycles. The van der Waals surface area contributed by atoms with E-state index in [0.29, 0.717) is 11.4 Å². The van der Waals surface area contributed by atoms with E-state index in [9.17, 15) is 8.42 Å². The van der Waals surface area contributed by atoms with Crippen LogP contribution < -0.4 is 14.8 Å². The van der Waals surface area contributed by atoms with Gasteiger partial charge in [-0.25, -0.2) is 13.4 Å². The standard InChI is InChI=1S/C23H29N3O3S/c1-15-3-5-20(29-2)21(7-15)30(27,28)26-19-4-6-22(24-14-19)25-23-11-16-8-17(12-23)10-18(9-16)13-23/h3-7,14,16-18,26H,8-13H2,1-2H3,(H,24,25). The van der Waals surface area contributed by atoms with Gasteiger partial charge in [-0.15, -0.1) is 0 Å². The lowest BCUT2D eigenvalue weighted by atomic mass is 9.53. The molecule has 4 aliphatic rings. The molecule has 0 saturated heterocycles. The Kier molecular flexibility index (Phi) is 4.69. The number of rotatable bonds is 6. The Balaban J connectivity index is 1.32. The fraction of sp³-hybridized carbons (Fsp3) is 0.522. The minimum absolute atomic E-state index is 0.126. The van der Waals surface area contributed by atoms with Crippen molar-refractivity contribution in [1.29, 1.82) is 0 Å². The summed E-state index contributed by atoms with van der Waals surface area (Å²) in [5.41, 5.74) is 1.47. The second-order valence-electron chi connectivity index (χ2n) is 9.51. The number of aryl methyl sites for hydroxylation is 1. The molecule has 2 aromatic rings. The molecule has 160 valence electrons. The van der Waals surface area contributed by atoms with E-state index >= 15 is 0 Å². The fourth-order valence-electron chi connectivity index (χ4n) is 6.27. The zero-order valence-corrected chi connectivity index (χ0v) is 18.3. The fourth-order valence-corrected chi connectivity index (χ4v) is 7.57. The Morgan fingerprint density at radius 2 is 1.70 bits per heavy atom. The highest BCUT2D eigenvalue weighted by Gasteiger charge is 2.51. The van der Waals surface area contributed by atoms with Crippen molar-refractivity contribution < 1.29 is 13.2 Å². The molecule has 4 bridgehead atoms. The molecule has 4 saturated carbocycles. The molecule has 6 nitrogen and oxygen atoms in total. The highest BCUT2D eigenvalue weighted by atomic mass is 32.2. The number of pyridine rings is 1. The molecule has 30 heavy (non-hydrogen) atoms. The first-order chi connectivity index (χ1) is 14.3. The molecule has 0 amide bonds. The predicted molar refractivity (Wildman–Crippen MR) is 117 cm³/mol. The molecular formula is C23H29N3O3S. The van der Waals surface area contributed by atoms with E-state index in [1.54, 1.807) is 24.4 Å². The van der Waals surface area contributed by atoms with Gasteiger partial charge in [-0.1, -0.05) is 6.07 Å². The maximum absolute atomic E-state index is 12.9. The summed E-state index contributed by atoms with van der Waals surface area (Å²) in [6.07, 6.45) is 9.50. The Morgan fingerprint density at radius 1 is 1.03 bits per heavy atom. The van der Waals surface area contributed by atoms with E-state index in [0.717, 1.165) is 29.1 Å². The highest BCUT2D eigenvalue weighted by molar-refractivity contribution is 7.92. The van der Waals surface area contributed by atoms with Crippen LogP contribution in [0.15, 0.2) is 41.4 Å². The van der Waals surface area contributed by atoms with Crippen LogP contribution in [0, 0.1) is 24.7 Å². The van der Waals surface area contributed by atoms with Crippen LogP contribution in [-0.4, -0.2) is 26.1 Å². The van der Waals surface area contributed by atoms with Gasteiger partial charge in [0.2, 0.25) is 0 Å². The molecular weight excluding hydrogens is 398 g/mol. The summed E-state index contributed by atoms with van der Waals surface area (Å²) < 4.78 is 33.6. The summed E-state index contributed by atoms with van der Waals surface area (Å²) in [5.74, 6) is 3.73. The van der Waals surface area contributed by atoms with Crippen LogP contribution in [0.3, 0.4) is 0 Å². The van der Waals surface area contributed by atoms with Crippen molar-refractivity contribution in [2.45, 2.75) is 55.9 Å². The SMILES string of the molecule is COc1ccc(C)cc1S(=O)(=O)Nc1ccc(NC23CC4CC(CC(C4)C2)C3)nc1. The summed E-state index contributed by atoms with van der Waals surface area (Å²) in [5, 5.41) is 3.73. The molecule has 0 spiro atoms. The second kappa shape index (κ2) is 7.15. The number of ether oxygens (including phenoxy) is 1. The van der Waals surface area contributed by atoms with E-state index in [1.807, 2.05) is 19.1 Å². The van der Waals surface area contributed by atoms with Gasteiger partial charge >= 0.3 is 0 Å². The van der Waals surface area contributed by atoms with Crippen molar-refractivity contribution in [3.8, 4) is 5.75 Å². The average Bonchev–Trinajstić information content (AvgIpc) is 2.68. The zero-order chi connectivity index (χ0) is 20.9. The van der Waals surface area contributed by atoms with E-state index in [-0.39, 0.29) is 10.4 Å². The van der Waals surface area contributed by atoms with Crippen LogP contribution in [0.5, 0.6) is 5.75 Å². The first-order valence-electron chi connectivity index (χ1n) is 10.8. The molecule has 2 N–H and O–H groups in total.